The minimum Gasteiger partial charge on any atom is -0.299 e. The molecule has 0 amide bonds. The monoisotopic (exact) mass is 314 g/mol. The van der Waals surface area contributed by atoms with Crippen molar-refractivity contribution in [3.8, 4) is 0 Å². The summed E-state index contributed by atoms with van der Waals surface area (Å²) >= 11 is 1.23. The first-order valence-corrected chi connectivity index (χ1v) is 8.77. The highest BCUT2D eigenvalue weighted by Crippen LogP contribution is 2.20. The van der Waals surface area contributed by atoms with Crippen molar-refractivity contribution in [2.75, 3.05) is 19.8 Å². The van der Waals surface area contributed by atoms with Gasteiger partial charge in [-0.15, -0.1) is 0 Å². The molecule has 20 heavy (non-hydrogen) atoms. The van der Waals surface area contributed by atoms with Crippen LogP contribution in [0.25, 0.3) is 10.3 Å². The second-order valence-electron chi connectivity index (χ2n) is 4.50. The lowest BCUT2D eigenvalue weighted by molar-refractivity contribution is 0.328. The molecule has 0 saturated heterocycles. The first-order valence-electron chi connectivity index (χ1n) is 6.40. The highest BCUT2D eigenvalue weighted by molar-refractivity contribution is 7.86. The van der Waals surface area contributed by atoms with E-state index in [1.165, 1.54) is 11.3 Å². The molecule has 1 unspecified atom stereocenters. The highest BCUT2D eigenvalue weighted by atomic mass is 32.2. The fourth-order valence-corrected chi connectivity index (χ4v) is 3.46. The summed E-state index contributed by atoms with van der Waals surface area (Å²) in [5.74, 6) is 0.728. The van der Waals surface area contributed by atoms with Crippen molar-refractivity contribution in [1.29, 1.82) is 0 Å². The van der Waals surface area contributed by atoms with Crippen molar-refractivity contribution in [1.82, 2.24) is 19.4 Å². The van der Waals surface area contributed by atoms with E-state index in [1.807, 2.05) is 14.0 Å². The van der Waals surface area contributed by atoms with Crippen LogP contribution in [0, 0.1) is 0 Å². The Hall–Kier alpha value is -1.12. The number of nitrogens with zero attached hydrogens (tertiary/aromatic N) is 4. The fraction of sp³-hybridized carbons (Fsp3) is 0.583. The van der Waals surface area contributed by atoms with Gasteiger partial charge in [-0.3, -0.25) is 18.5 Å². The van der Waals surface area contributed by atoms with Crippen LogP contribution in [-0.2, 0) is 23.9 Å². The smallest absolute Gasteiger partial charge is 0.281 e. The van der Waals surface area contributed by atoms with E-state index in [1.54, 1.807) is 10.8 Å². The second-order valence-corrected chi connectivity index (χ2v) is 7.03. The average Bonchev–Trinajstić information content (AvgIpc) is 2.83. The normalized spacial score (nSPS) is 13.2. The van der Waals surface area contributed by atoms with E-state index >= 15 is 0 Å². The Morgan fingerprint density at radius 1 is 1.35 bits per heavy atom. The average molecular weight is 314 g/mol. The van der Waals surface area contributed by atoms with E-state index < -0.39 is 10.8 Å². The van der Waals surface area contributed by atoms with Crippen molar-refractivity contribution in [3.05, 3.63) is 16.2 Å². The van der Waals surface area contributed by atoms with Gasteiger partial charge < -0.3 is 0 Å². The topological polar surface area (TPSA) is 68.1 Å². The van der Waals surface area contributed by atoms with E-state index in [0.717, 1.165) is 12.4 Å². The summed E-state index contributed by atoms with van der Waals surface area (Å²) in [6.07, 6.45) is 1.56. The summed E-state index contributed by atoms with van der Waals surface area (Å²) < 4.78 is 13.6. The van der Waals surface area contributed by atoms with Gasteiger partial charge in [-0.1, -0.05) is 18.3 Å². The summed E-state index contributed by atoms with van der Waals surface area (Å²) in [4.78, 5) is 23.8. The summed E-state index contributed by atoms with van der Waals surface area (Å²) in [6.45, 7) is 6.01. The Balaban J connectivity index is 2.63. The Morgan fingerprint density at radius 2 is 2.05 bits per heavy atom. The molecule has 0 fully saturated rings. The van der Waals surface area contributed by atoms with E-state index in [2.05, 4.69) is 21.8 Å². The maximum absolute atomic E-state index is 12.4. The molecule has 0 aliphatic heterocycles. The summed E-state index contributed by atoms with van der Waals surface area (Å²) in [7, 11) is 0.793. The minimum atomic E-state index is -1.19. The Bertz CT molecular complexity index is 707. The van der Waals surface area contributed by atoms with Crippen LogP contribution in [0.4, 0.5) is 0 Å². The van der Waals surface area contributed by atoms with Gasteiger partial charge in [0, 0.05) is 12.8 Å². The number of rotatable bonds is 5. The maximum Gasteiger partial charge on any atom is 0.281 e. The van der Waals surface area contributed by atoms with Crippen molar-refractivity contribution >= 4 is 32.5 Å². The number of hydrogen-bond acceptors (Lipinski definition) is 6. The third kappa shape index (κ3) is 2.82. The SMILES string of the molecule is CCN(C)Cc1nc2sc(S(C)=O)nc2c(=O)n1CC. The molecular weight excluding hydrogens is 296 g/mol. The van der Waals surface area contributed by atoms with Crippen LogP contribution in [0.5, 0.6) is 0 Å². The van der Waals surface area contributed by atoms with Crippen LogP contribution in [-0.4, -0.2) is 43.5 Å². The molecule has 2 heterocycles. The predicted octanol–water partition coefficient (Wildman–Crippen LogP) is 1.06. The van der Waals surface area contributed by atoms with E-state index in [4.69, 9.17) is 0 Å². The van der Waals surface area contributed by atoms with Crippen molar-refractivity contribution in [3.63, 3.8) is 0 Å². The molecule has 1 atom stereocenters. The molecule has 2 aromatic heterocycles. The zero-order chi connectivity index (χ0) is 14.9. The van der Waals surface area contributed by atoms with Crippen molar-refractivity contribution in [2.24, 2.45) is 0 Å². The van der Waals surface area contributed by atoms with Crippen LogP contribution < -0.4 is 5.56 Å². The molecule has 8 heteroatoms. The van der Waals surface area contributed by atoms with E-state index in [0.29, 0.717) is 27.8 Å². The molecule has 6 nitrogen and oxygen atoms in total. The number of aromatic nitrogens is 3. The first kappa shape index (κ1) is 15.3. The van der Waals surface area contributed by atoms with Crippen molar-refractivity contribution < 1.29 is 4.21 Å². The lowest BCUT2D eigenvalue weighted by atomic mass is 10.4. The van der Waals surface area contributed by atoms with Crippen LogP contribution in [0.3, 0.4) is 0 Å². The minimum absolute atomic E-state index is 0.148. The maximum atomic E-state index is 12.4. The van der Waals surface area contributed by atoms with Gasteiger partial charge in [0.15, 0.2) is 14.7 Å². The van der Waals surface area contributed by atoms with Gasteiger partial charge in [0.25, 0.3) is 5.56 Å². The van der Waals surface area contributed by atoms with Crippen LogP contribution in [0.2, 0.25) is 0 Å². The van der Waals surface area contributed by atoms with Crippen LogP contribution >= 0.6 is 11.3 Å². The number of hydrogen-bond donors (Lipinski definition) is 0. The zero-order valence-electron chi connectivity index (χ0n) is 12.0. The summed E-state index contributed by atoms with van der Waals surface area (Å²) in [6, 6.07) is 0. The molecule has 0 aromatic carbocycles. The van der Waals surface area contributed by atoms with Gasteiger partial charge in [0.2, 0.25) is 0 Å². The first-order chi connectivity index (χ1) is 9.47. The van der Waals surface area contributed by atoms with Gasteiger partial charge in [0.05, 0.1) is 17.3 Å². The number of thiazole rings is 1. The molecule has 110 valence electrons. The molecule has 0 aliphatic rings. The van der Waals surface area contributed by atoms with Crippen molar-refractivity contribution in [2.45, 2.75) is 31.3 Å². The van der Waals surface area contributed by atoms with Gasteiger partial charge in [-0.2, -0.15) is 0 Å². The molecule has 2 aromatic rings. The molecule has 0 N–H and O–H groups in total. The molecule has 0 aliphatic carbocycles. The fourth-order valence-electron chi connectivity index (χ4n) is 1.85. The number of fused-ring (bicyclic) bond motifs is 1. The predicted molar refractivity (Wildman–Crippen MR) is 81.7 cm³/mol. The second kappa shape index (κ2) is 6.11. The molecule has 2 rings (SSSR count). The molecular formula is C12H18N4O2S2. The van der Waals surface area contributed by atoms with Crippen LogP contribution in [0.1, 0.15) is 19.7 Å². The standard InChI is InChI=1S/C12H18N4O2S2/c1-5-15(3)7-8-13-10-9(11(17)16(8)6-2)14-12(19-10)20(4)18/h5-7H2,1-4H3. The van der Waals surface area contributed by atoms with E-state index in [-0.39, 0.29) is 5.56 Å². The lowest BCUT2D eigenvalue weighted by Crippen LogP contribution is -2.28. The molecule has 0 bridgehead atoms. The van der Waals surface area contributed by atoms with E-state index in [9.17, 15) is 9.00 Å². The third-order valence-corrected chi connectivity index (χ3v) is 5.37. The third-order valence-electron chi connectivity index (χ3n) is 3.09. The van der Waals surface area contributed by atoms with Gasteiger partial charge in [-0.25, -0.2) is 9.97 Å². The molecule has 0 saturated carbocycles. The molecule has 0 radical (unpaired) electrons. The van der Waals surface area contributed by atoms with Gasteiger partial charge in [0.1, 0.15) is 5.82 Å². The largest absolute Gasteiger partial charge is 0.299 e. The highest BCUT2D eigenvalue weighted by Gasteiger charge is 2.16. The lowest BCUT2D eigenvalue weighted by Gasteiger charge is -2.16. The quantitative estimate of drug-likeness (QED) is 0.825. The molecule has 0 spiro atoms. The Labute approximate surface area is 123 Å². The zero-order valence-corrected chi connectivity index (χ0v) is 13.7. The van der Waals surface area contributed by atoms with Gasteiger partial charge >= 0.3 is 0 Å². The summed E-state index contributed by atoms with van der Waals surface area (Å²) in [5, 5.41) is 0. The van der Waals surface area contributed by atoms with Crippen LogP contribution in [0.15, 0.2) is 9.13 Å². The summed E-state index contributed by atoms with van der Waals surface area (Å²) in [5.41, 5.74) is 0.176. The Kier molecular flexibility index (Phi) is 4.66. The Morgan fingerprint density at radius 3 is 2.60 bits per heavy atom. The van der Waals surface area contributed by atoms with Gasteiger partial charge in [-0.05, 0) is 20.5 Å².